The molecule has 0 aromatic carbocycles. The second-order valence-electron chi connectivity index (χ2n) is 6.10. The van der Waals surface area contributed by atoms with Crippen LogP contribution in [0, 0.1) is 11.3 Å². The number of carbonyl (C=O) groups excluding carboxylic acids is 1. The Morgan fingerprint density at radius 2 is 1.68 bits per heavy atom. The van der Waals surface area contributed by atoms with Crippen LogP contribution >= 0.6 is 0 Å². The van der Waals surface area contributed by atoms with Crippen LogP contribution in [0.1, 0.15) is 41.0 Å². The van der Waals surface area contributed by atoms with E-state index >= 15 is 0 Å². The van der Waals surface area contributed by atoms with Gasteiger partial charge < -0.3 is 14.9 Å². The predicted molar refractivity (Wildman–Crippen MR) is 67.6 cm³/mol. The number of halogens is 1. The van der Waals surface area contributed by atoms with Gasteiger partial charge in [0.1, 0.15) is 5.60 Å². The normalized spacial score (nSPS) is 20.9. The van der Waals surface area contributed by atoms with E-state index < -0.39 is 23.6 Å². The Morgan fingerprint density at radius 1 is 1.32 bits per heavy atom. The van der Waals surface area contributed by atoms with E-state index in [2.05, 4.69) is 13.8 Å². The Morgan fingerprint density at radius 3 is 1.95 bits per heavy atom. The Hall–Kier alpha value is -1.59. The van der Waals surface area contributed by atoms with Crippen LogP contribution in [0.4, 0.5) is 9.18 Å². The fourth-order valence-electron chi connectivity index (χ4n) is 1.36. The van der Waals surface area contributed by atoms with Crippen molar-refractivity contribution in [2.24, 2.45) is 11.3 Å². The van der Waals surface area contributed by atoms with E-state index in [1.165, 1.54) is 6.08 Å². The number of carboxylic acid groups (broad SMARTS) is 2. The third-order valence-electron chi connectivity index (χ3n) is 2.53. The van der Waals surface area contributed by atoms with Crippen molar-refractivity contribution < 1.29 is 28.9 Å². The summed E-state index contributed by atoms with van der Waals surface area (Å²) in [5.41, 5.74) is -0.499. The highest BCUT2D eigenvalue weighted by Crippen LogP contribution is 2.52. The topological polar surface area (TPSA) is 83.8 Å². The van der Waals surface area contributed by atoms with E-state index in [4.69, 9.17) is 19.7 Å². The third kappa shape index (κ3) is 8.18. The van der Waals surface area contributed by atoms with Gasteiger partial charge in [0.2, 0.25) is 5.83 Å². The van der Waals surface area contributed by atoms with Crippen LogP contribution in [0.3, 0.4) is 0 Å². The zero-order valence-corrected chi connectivity index (χ0v) is 11.9. The van der Waals surface area contributed by atoms with Crippen LogP contribution in [0.25, 0.3) is 0 Å². The minimum absolute atomic E-state index is 0.138. The van der Waals surface area contributed by atoms with E-state index in [-0.39, 0.29) is 11.3 Å². The second kappa shape index (κ2) is 6.04. The van der Waals surface area contributed by atoms with Crippen LogP contribution in [0.2, 0.25) is 0 Å². The number of rotatable bonds is 2. The van der Waals surface area contributed by atoms with Gasteiger partial charge in [-0.25, -0.2) is 9.59 Å². The summed E-state index contributed by atoms with van der Waals surface area (Å²) in [4.78, 5) is 19.8. The molecule has 0 bridgehead atoms. The first-order chi connectivity index (χ1) is 8.35. The summed E-state index contributed by atoms with van der Waals surface area (Å²) in [5.74, 6) is -1.45. The third-order valence-corrected chi connectivity index (χ3v) is 2.53. The molecule has 1 aliphatic rings. The average molecular weight is 276 g/mol. The van der Waals surface area contributed by atoms with E-state index in [0.717, 1.165) is 6.42 Å². The first-order valence-corrected chi connectivity index (χ1v) is 5.88. The summed E-state index contributed by atoms with van der Waals surface area (Å²) < 4.78 is 18.3. The first kappa shape index (κ1) is 17.4. The molecule has 1 aliphatic carbocycles. The summed E-state index contributed by atoms with van der Waals surface area (Å²) in [6.07, 6.45) is 0.483. The van der Waals surface area contributed by atoms with Crippen LogP contribution in [0.5, 0.6) is 0 Å². The Bertz CT molecular complexity index is 375. The van der Waals surface area contributed by atoms with Crippen LogP contribution in [-0.4, -0.2) is 27.9 Å². The molecule has 0 radical (unpaired) electrons. The zero-order valence-electron chi connectivity index (χ0n) is 11.9. The second-order valence-corrected chi connectivity index (χ2v) is 6.10. The molecule has 1 unspecified atom stereocenters. The molecule has 0 amide bonds. The predicted octanol–water partition coefficient (Wildman–Crippen LogP) is 3.45. The summed E-state index contributed by atoms with van der Waals surface area (Å²) >= 11 is 0. The van der Waals surface area contributed by atoms with E-state index in [1.807, 2.05) is 0 Å². The van der Waals surface area contributed by atoms with Crippen LogP contribution < -0.4 is 0 Å². The first-order valence-electron chi connectivity index (χ1n) is 5.88. The molecule has 6 heteroatoms. The van der Waals surface area contributed by atoms with Gasteiger partial charge in [0.05, 0.1) is 0 Å². The molecule has 110 valence electrons. The molecule has 19 heavy (non-hydrogen) atoms. The fraction of sp³-hybridized carbons (Fsp3) is 0.692. The van der Waals surface area contributed by atoms with Crippen molar-refractivity contribution in [1.82, 2.24) is 0 Å². The summed E-state index contributed by atoms with van der Waals surface area (Å²) in [6.45, 7) is 9.27. The smallest absolute Gasteiger partial charge is 0.455 e. The highest BCUT2D eigenvalue weighted by Gasteiger charge is 2.44. The minimum atomic E-state index is -1.83. The van der Waals surface area contributed by atoms with Gasteiger partial charge in [-0.05, 0) is 44.6 Å². The highest BCUT2D eigenvalue weighted by atomic mass is 19.1. The SMILES string of the molecule is CC(C)(C)OC(=O)C(F)=CC1CC1(C)C.O=C(O)O. The van der Waals surface area contributed by atoms with Gasteiger partial charge in [0.15, 0.2) is 0 Å². The lowest BCUT2D eigenvalue weighted by Gasteiger charge is -2.18. The van der Waals surface area contributed by atoms with Crippen molar-refractivity contribution in [3.8, 4) is 0 Å². The number of hydrogen-bond acceptors (Lipinski definition) is 3. The standard InChI is InChI=1S/C12H19FO2.CH2O3/c1-11(2,3)15-10(14)9(13)6-8-7-12(8,4)5;2-1(3)4/h6,8H,7H2,1-5H3;(H2,2,3,4). The maximum Gasteiger partial charge on any atom is 0.503 e. The number of ether oxygens (including phenoxy) is 1. The average Bonchev–Trinajstić information content (AvgIpc) is 2.69. The van der Waals surface area contributed by atoms with Crippen molar-refractivity contribution in [1.29, 1.82) is 0 Å². The van der Waals surface area contributed by atoms with Gasteiger partial charge in [0, 0.05) is 0 Å². The van der Waals surface area contributed by atoms with Gasteiger partial charge in [-0.1, -0.05) is 13.8 Å². The quantitative estimate of drug-likeness (QED) is 0.596. The molecule has 1 fully saturated rings. The fourth-order valence-corrected chi connectivity index (χ4v) is 1.36. The number of esters is 1. The molecular formula is C13H21FO5. The molecule has 0 aliphatic heterocycles. The van der Waals surface area contributed by atoms with Gasteiger partial charge in [0.25, 0.3) is 0 Å². The summed E-state index contributed by atoms with van der Waals surface area (Å²) in [7, 11) is 0. The van der Waals surface area contributed by atoms with E-state index in [0.29, 0.717) is 0 Å². The maximum atomic E-state index is 13.3. The number of allylic oxidation sites excluding steroid dienone is 1. The minimum Gasteiger partial charge on any atom is -0.455 e. The van der Waals surface area contributed by atoms with Gasteiger partial charge in [-0.15, -0.1) is 0 Å². The molecule has 0 aromatic heterocycles. The van der Waals surface area contributed by atoms with Crippen LogP contribution in [0.15, 0.2) is 11.9 Å². The van der Waals surface area contributed by atoms with Crippen molar-refractivity contribution in [3.05, 3.63) is 11.9 Å². The van der Waals surface area contributed by atoms with Crippen molar-refractivity contribution in [2.45, 2.75) is 46.6 Å². The largest absolute Gasteiger partial charge is 0.503 e. The van der Waals surface area contributed by atoms with Crippen molar-refractivity contribution in [3.63, 3.8) is 0 Å². The number of carbonyl (C=O) groups is 2. The lowest BCUT2D eigenvalue weighted by atomic mass is 10.1. The van der Waals surface area contributed by atoms with E-state index in [1.54, 1.807) is 20.8 Å². The van der Waals surface area contributed by atoms with Crippen molar-refractivity contribution >= 4 is 12.1 Å². The Balaban J connectivity index is 0.000000711. The monoisotopic (exact) mass is 276 g/mol. The Kier molecular flexibility index (Phi) is 5.53. The molecule has 1 rings (SSSR count). The molecule has 2 N–H and O–H groups in total. The molecular weight excluding hydrogens is 255 g/mol. The zero-order chi connectivity index (χ0) is 15.4. The Labute approximate surface area is 112 Å². The summed E-state index contributed by atoms with van der Waals surface area (Å²) in [6, 6.07) is 0. The number of hydrogen-bond donors (Lipinski definition) is 2. The molecule has 1 saturated carbocycles. The van der Waals surface area contributed by atoms with Gasteiger partial charge in [-0.3, -0.25) is 0 Å². The van der Waals surface area contributed by atoms with E-state index in [9.17, 15) is 9.18 Å². The van der Waals surface area contributed by atoms with Gasteiger partial charge in [-0.2, -0.15) is 4.39 Å². The molecule has 0 spiro atoms. The lowest BCUT2D eigenvalue weighted by molar-refractivity contribution is -0.151. The highest BCUT2D eigenvalue weighted by molar-refractivity contribution is 5.86. The molecule has 1 atom stereocenters. The van der Waals surface area contributed by atoms with Crippen molar-refractivity contribution in [2.75, 3.05) is 0 Å². The van der Waals surface area contributed by atoms with Crippen LogP contribution in [-0.2, 0) is 9.53 Å². The molecule has 0 saturated heterocycles. The maximum absolute atomic E-state index is 13.3. The molecule has 0 heterocycles. The molecule has 5 nitrogen and oxygen atoms in total. The lowest BCUT2D eigenvalue weighted by Crippen LogP contribution is -2.24. The van der Waals surface area contributed by atoms with Gasteiger partial charge >= 0.3 is 12.1 Å². The summed E-state index contributed by atoms with van der Waals surface area (Å²) in [5, 5.41) is 13.9. The molecule has 0 aromatic rings.